The molecule has 0 saturated carbocycles. The second-order valence-electron chi connectivity index (χ2n) is 5.02. The van der Waals surface area contributed by atoms with E-state index in [0.717, 1.165) is 12.1 Å². The van der Waals surface area contributed by atoms with Gasteiger partial charge in [-0.2, -0.15) is 0 Å². The zero-order valence-electron chi connectivity index (χ0n) is 10.3. The number of ketones is 2. The van der Waals surface area contributed by atoms with Crippen LogP contribution in [0.25, 0.3) is 0 Å². The molecule has 1 rings (SSSR count). The Bertz CT molecular complexity index is 504. The first-order valence-electron chi connectivity index (χ1n) is 5.34. The van der Waals surface area contributed by atoms with Crippen LogP contribution in [-0.4, -0.2) is 11.6 Å². The van der Waals surface area contributed by atoms with E-state index in [-0.39, 0.29) is 27.8 Å². The third-order valence-corrected chi connectivity index (χ3v) is 3.07. The SMILES string of the molecule is CC(C)(C)C(=O)CC(=O)c1cc(F)c(Cl)cc1Cl. The Morgan fingerprint density at radius 2 is 1.72 bits per heavy atom. The maximum atomic E-state index is 13.3. The minimum absolute atomic E-state index is 0.0174. The second kappa shape index (κ2) is 5.37. The van der Waals surface area contributed by atoms with Crippen LogP contribution < -0.4 is 0 Å². The average molecular weight is 291 g/mol. The Morgan fingerprint density at radius 3 is 2.22 bits per heavy atom. The van der Waals surface area contributed by atoms with Gasteiger partial charge in [0.15, 0.2) is 5.78 Å². The van der Waals surface area contributed by atoms with Gasteiger partial charge in [0.25, 0.3) is 0 Å². The molecule has 0 radical (unpaired) electrons. The number of carbonyl (C=O) groups is 2. The highest BCUT2D eigenvalue weighted by atomic mass is 35.5. The van der Waals surface area contributed by atoms with Crippen LogP contribution in [0.4, 0.5) is 4.39 Å². The molecule has 0 bridgehead atoms. The molecule has 98 valence electrons. The number of hydrogen-bond acceptors (Lipinski definition) is 2. The Kier molecular flexibility index (Phi) is 4.51. The number of Topliss-reactive ketones (excluding diaryl/α,β-unsaturated/α-hetero) is 2. The summed E-state index contributed by atoms with van der Waals surface area (Å²) in [5.41, 5.74) is -0.635. The maximum Gasteiger partial charge on any atom is 0.171 e. The van der Waals surface area contributed by atoms with Gasteiger partial charge < -0.3 is 0 Å². The Labute approximate surface area is 115 Å². The van der Waals surface area contributed by atoms with Crippen LogP contribution >= 0.6 is 23.2 Å². The number of rotatable bonds is 3. The molecule has 0 spiro atoms. The highest BCUT2D eigenvalue weighted by molar-refractivity contribution is 6.37. The highest BCUT2D eigenvalue weighted by Crippen LogP contribution is 2.26. The van der Waals surface area contributed by atoms with Crippen molar-refractivity contribution in [2.45, 2.75) is 27.2 Å². The Hall–Kier alpha value is -0.930. The normalized spacial score (nSPS) is 11.4. The molecule has 0 saturated heterocycles. The van der Waals surface area contributed by atoms with Gasteiger partial charge in [0, 0.05) is 11.0 Å². The average Bonchev–Trinajstić information content (AvgIpc) is 2.21. The lowest BCUT2D eigenvalue weighted by molar-refractivity contribution is -0.125. The maximum absolute atomic E-state index is 13.3. The van der Waals surface area contributed by atoms with E-state index < -0.39 is 17.0 Å². The summed E-state index contributed by atoms with van der Waals surface area (Å²) in [5.74, 6) is -1.46. The summed E-state index contributed by atoms with van der Waals surface area (Å²) in [6, 6.07) is 2.12. The van der Waals surface area contributed by atoms with Crippen LogP contribution in [0.5, 0.6) is 0 Å². The minimum atomic E-state index is -0.729. The molecule has 0 aliphatic heterocycles. The quantitative estimate of drug-likeness (QED) is 0.472. The monoisotopic (exact) mass is 290 g/mol. The fourth-order valence-electron chi connectivity index (χ4n) is 1.24. The van der Waals surface area contributed by atoms with Crippen LogP contribution in [-0.2, 0) is 4.79 Å². The number of hydrogen-bond donors (Lipinski definition) is 0. The fraction of sp³-hybridized carbons (Fsp3) is 0.385. The summed E-state index contributed by atoms with van der Waals surface area (Å²) in [7, 11) is 0. The summed E-state index contributed by atoms with van der Waals surface area (Å²) in [6.45, 7) is 5.14. The van der Waals surface area contributed by atoms with Crippen molar-refractivity contribution in [1.29, 1.82) is 0 Å². The predicted octanol–water partition coefficient (Wildman–Crippen LogP) is 4.32. The lowest BCUT2D eigenvalue weighted by atomic mass is 9.87. The smallest absolute Gasteiger partial charge is 0.171 e. The van der Waals surface area contributed by atoms with Crippen molar-refractivity contribution >= 4 is 34.8 Å². The molecular weight excluding hydrogens is 278 g/mol. The van der Waals surface area contributed by atoms with Crippen molar-refractivity contribution in [3.8, 4) is 0 Å². The molecule has 0 atom stereocenters. The summed E-state index contributed by atoms with van der Waals surface area (Å²) in [5, 5.41) is -0.105. The second-order valence-corrected chi connectivity index (χ2v) is 5.83. The molecule has 0 aliphatic rings. The highest BCUT2D eigenvalue weighted by Gasteiger charge is 2.25. The van der Waals surface area contributed by atoms with E-state index in [1.165, 1.54) is 0 Å². The van der Waals surface area contributed by atoms with Gasteiger partial charge in [0.2, 0.25) is 0 Å². The van der Waals surface area contributed by atoms with Crippen LogP contribution in [0.15, 0.2) is 12.1 Å². The van der Waals surface area contributed by atoms with Gasteiger partial charge in [-0.3, -0.25) is 9.59 Å². The van der Waals surface area contributed by atoms with E-state index in [4.69, 9.17) is 23.2 Å². The van der Waals surface area contributed by atoms with Gasteiger partial charge in [0.05, 0.1) is 16.5 Å². The summed E-state index contributed by atoms with van der Waals surface area (Å²) in [4.78, 5) is 23.6. The zero-order valence-corrected chi connectivity index (χ0v) is 11.8. The molecule has 0 heterocycles. The van der Waals surface area contributed by atoms with Crippen molar-refractivity contribution in [2.24, 2.45) is 5.41 Å². The third-order valence-electron chi connectivity index (χ3n) is 2.47. The minimum Gasteiger partial charge on any atom is -0.299 e. The van der Waals surface area contributed by atoms with Gasteiger partial charge in [-0.15, -0.1) is 0 Å². The van der Waals surface area contributed by atoms with Crippen LogP contribution in [0.2, 0.25) is 10.0 Å². The van der Waals surface area contributed by atoms with Crippen LogP contribution in [0.1, 0.15) is 37.6 Å². The lowest BCUT2D eigenvalue weighted by Crippen LogP contribution is -2.23. The van der Waals surface area contributed by atoms with E-state index >= 15 is 0 Å². The molecule has 1 aromatic carbocycles. The molecule has 0 aliphatic carbocycles. The number of halogens is 3. The molecular formula is C13H13Cl2FO2. The summed E-state index contributed by atoms with van der Waals surface area (Å²) >= 11 is 11.3. The van der Waals surface area contributed by atoms with Crippen molar-refractivity contribution < 1.29 is 14.0 Å². The van der Waals surface area contributed by atoms with Crippen molar-refractivity contribution in [3.63, 3.8) is 0 Å². The van der Waals surface area contributed by atoms with Gasteiger partial charge in [0.1, 0.15) is 11.6 Å². The van der Waals surface area contributed by atoms with Crippen molar-refractivity contribution in [3.05, 3.63) is 33.6 Å². The van der Waals surface area contributed by atoms with E-state index in [1.54, 1.807) is 20.8 Å². The number of carbonyl (C=O) groups excluding carboxylic acids is 2. The van der Waals surface area contributed by atoms with Gasteiger partial charge in [-0.05, 0) is 12.1 Å². The lowest BCUT2D eigenvalue weighted by Gasteiger charge is -2.16. The first-order valence-corrected chi connectivity index (χ1v) is 6.09. The molecule has 1 aromatic rings. The summed E-state index contributed by atoms with van der Waals surface area (Å²) < 4.78 is 13.3. The molecule has 5 heteroatoms. The Balaban J connectivity index is 2.99. The largest absolute Gasteiger partial charge is 0.299 e. The molecule has 0 aromatic heterocycles. The molecule has 0 amide bonds. The van der Waals surface area contributed by atoms with E-state index in [2.05, 4.69) is 0 Å². The molecule has 18 heavy (non-hydrogen) atoms. The fourth-order valence-corrected chi connectivity index (χ4v) is 1.73. The molecule has 2 nitrogen and oxygen atoms in total. The first kappa shape index (κ1) is 15.1. The van der Waals surface area contributed by atoms with E-state index in [1.807, 2.05) is 0 Å². The first-order chi connectivity index (χ1) is 8.12. The number of benzene rings is 1. The molecule has 0 fully saturated rings. The van der Waals surface area contributed by atoms with Crippen LogP contribution in [0.3, 0.4) is 0 Å². The molecule has 0 unspecified atom stereocenters. The van der Waals surface area contributed by atoms with Gasteiger partial charge in [-0.25, -0.2) is 4.39 Å². The van der Waals surface area contributed by atoms with E-state index in [0.29, 0.717) is 0 Å². The topological polar surface area (TPSA) is 34.1 Å². The summed E-state index contributed by atoms with van der Waals surface area (Å²) in [6.07, 6.45) is -0.301. The van der Waals surface area contributed by atoms with E-state index in [9.17, 15) is 14.0 Å². The van der Waals surface area contributed by atoms with Crippen molar-refractivity contribution in [1.82, 2.24) is 0 Å². The Morgan fingerprint density at radius 1 is 1.17 bits per heavy atom. The predicted molar refractivity (Wildman–Crippen MR) is 69.8 cm³/mol. The standard InChI is InChI=1S/C13H13Cl2FO2/c1-13(2,3)12(18)6-11(17)7-4-10(16)9(15)5-8(7)14/h4-5H,6H2,1-3H3. The van der Waals surface area contributed by atoms with Gasteiger partial charge >= 0.3 is 0 Å². The molecule has 0 N–H and O–H groups in total. The third kappa shape index (κ3) is 3.53. The van der Waals surface area contributed by atoms with Crippen molar-refractivity contribution in [2.75, 3.05) is 0 Å². The van der Waals surface area contributed by atoms with Crippen LogP contribution in [0, 0.1) is 11.2 Å². The zero-order chi connectivity index (χ0) is 14.1. The van der Waals surface area contributed by atoms with Gasteiger partial charge in [-0.1, -0.05) is 44.0 Å².